The largest absolute Gasteiger partial charge is 0.449 e. The van der Waals surface area contributed by atoms with Gasteiger partial charge < -0.3 is 20.4 Å². The van der Waals surface area contributed by atoms with Gasteiger partial charge in [0, 0.05) is 36.4 Å². The normalized spacial score (nSPS) is 15.9. The van der Waals surface area contributed by atoms with Gasteiger partial charge in [-0.2, -0.15) is 0 Å². The molecule has 116 valence electrons. The van der Waals surface area contributed by atoms with Gasteiger partial charge in [0.1, 0.15) is 5.65 Å². The minimum Gasteiger partial charge on any atom is -0.449 e. The van der Waals surface area contributed by atoms with E-state index in [2.05, 4.69) is 14.9 Å². The number of fused-ring (bicyclic) bond motifs is 1. The van der Waals surface area contributed by atoms with Crippen molar-refractivity contribution in [2.75, 3.05) is 24.6 Å². The molecule has 22 heavy (non-hydrogen) atoms. The van der Waals surface area contributed by atoms with E-state index in [1.165, 1.54) is 6.07 Å². The van der Waals surface area contributed by atoms with Gasteiger partial charge >= 0.3 is 6.09 Å². The molecule has 0 atom stereocenters. The van der Waals surface area contributed by atoms with Crippen LogP contribution in [-0.2, 0) is 4.74 Å². The van der Waals surface area contributed by atoms with Crippen molar-refractivity contribution in [3.8, 4) is 0 Å². The Hall–Kier alpha value is -2.57. The van der Waals surface area contributed by atoms with Crippen molar-refractivity contribution >= 4 is 22.8 Å². The van der Waals surface area contributed by atoms with Crippen LogP contribution in [0.3, 0.4) is 0 Å². The van der Waals surface area contributed by atoms with E-state index in [1.807, 2.05) is 6.07 Å². The lowest BCUT2D eigenvalue weighted by molar-refractivity contribution is 0.129. The van der Waals surface area contributed by atoms with Crippen molar-refractivity contribution < 1.29 is 9.53 Å². The van der Waals surface area contributed by atoms with Crippen LogP contribution in [0.4, 0.5) is 10.5 Å². The number of nitrogens with zero attached hydrogens (tertiary/aromatic N) is 2. The SMILES string of the molecule is NC(=O)OCC1CCN(c2ccnc3[nH]c(=O)ccc23)CC1. The first-order valence-electron chi connectivity index (χ1n) is 7.29. The number of hydrogen-bond acceptors (Lipinski definition) is 5. The summed E-state index contributed by atoms with van der Waals surface area (Å²) >= 11 is 0. The van der Waals surface area contributed by atoms with E-state index in [0.29, 0.717) is 18.2 Å². The molecule has 0 radical (unpaired) electrons. The summed E-state index contributed by atoms with van der Waals surface area (Å²) < 4.78 is 4.88. The van der Waals surface area contributed by atoms with E-state index < -0.39 is 6.09 Å². The van der Waals surface area contributed by atoms with Crippen LogP contribution < -0.4 is 16.2 Å². The number of primary amides is 1. The van der Waals surface area contributed by atoms with Crippen LogP contribution in [0.25, 0.3) is 11.0 Å². The van der Waals surface area contributed by atoms with Crippen LogP contribution >= 0.6 is 0 Å². The van der Waals surface area contributed by atoms with Gasteiger partial charge in [-0.1, -0.05) is 0 Å². The number of ether oxygens (including phenoxy) is 1. The summed E-state index contributed by atoms with van der Waals surface area (Å²) in [6.45, 7) is 2.11. The molecular weight excluding hydrogens is 284 g/mol. The molecule has 1 amide bonds. The zero-order valence-corrected chi connectivity index (χ0v) is 12.1. The van der Waals surface area contributed by atoms with E-state index in [4.69, 9.17) is 10.5 Å². The highest BCUT2D eigenvalue weighted by Crippen LogP contribution is 2.28. The summed E-state index contributed by atoms with van der Waals surface area (Å²) in [7, 11) is 0. The zero-order chi connectivity index (χ0) is 15.5. The van der Waals surface area contributed by atoms with Gasteiger partial charge in [0.15, 0.2) is 0 Å². The molecule has 3 N–H and O–H groups in total. The predicted octanol–water partition coefficient (Wildman–Crippen LogP) is 1.23. The lowest BCUT2D eigenvalue weighted by Gasteiger charge is -2.33. The molecule has 1 aliphatic heterocycles. The highest BCUT2D eigenvalue weighted by atomic mass is 16.5. The van der Waals surface area contributed by atoms with Crippen LogP contribution in [0.15, 0.2) is 29.2 Å². The van der Waals surface area contributed by atoms with Crippen LogP contribution in [-0.4, -0.2) is 35.8 Å². The second-order valence-corrected chi connectivity index (χ2v) is 5.48. The van der Waals surface area contributed by atoms with Gasteiger partial charge in [0.05, 0.1) is 6.61 Å². The molecule has 2 aromatic heterocycles. The predicted molar refractivity (Wildman–Crippen MR) is 82.8 cm³/mol. The summed E-state index contributed by atoms with van der Waals surface area (Å²) in [6, 6.07) is 5.28. The summed E-state index contributed by atoms with van der Waals surface area (Å²) in [5, 5.41) is 0.939. The fourth-order valence-corrected chi connectivity index (χ4v) is 2.86. The third-order valence-corrected chi connectivity index (χ3v) is 4.03. The Labute approximate surface area is 127 Å². The lowest BCUT2D eigenvalue weighted by atomic mass is 9.97. The lowest BCUT2D eigenvalue weighted by Crippen LogP contribution is -2.36. The molecule has 0 unspecified atom stereocenters. The molecular formula is C15H18N4O3. The molecule has 0 aliphatic carbocycles. The monoisotopic (exact) mass is 302 g/mol. The summed E-state index contributed by atoms with van der Waals surface area (Å²) in [6.07, 6.45) is 2.85. The molecule has 1 fully saturated rings. The quantitative estimate of drug-likeness (QED) is 0.888. The van der Waals surface area contributed by atoms with Crippen LogP contribution in [0.2, 0.25) is 0 Å². The van der Waals surface area contributed by atoms with E-state index in [0.717, 1.165) is 37.0 Å². The maximum absolute atomic E-state index is 11.4. The number of piperidine rings is 1. The number of nitrogens with one attached hydrogen (secondary N) is 1. The second-order valence-electron chi connectivity index (χ2n) is 5.48. The number of H-pyrrole nitrogens is 1. The summed E-state index contributed by atoms with van der Waals surface area (Å²) in [5.74, 6) is 0.344. The van der Waals surface area contributed by atoms with Gasteiger partial charge in [-0.3, -0.25) is 4.79 Å². The van der Waals surface area contributed by atoms with Crippen molar-refractivity contribution in [2.24, 2.45) is 11.7 Å². The number of aromatic nitrogens is 2. The topological polar surface area (TPSA) is 101 Å². The van der Waals surface area contributed by atoms with Crippen molar-refractivity contribution in [1.82, 2.24) is 9.97 Å². The van der Waals surface area contributed by atoms with Gasteiger partial charge in [0.25, 0.3) is 0 Å². The number of rotatable bonds is 3. The number of carbonyl (C=O) groups excluding carboxylic acids is 1. The average molecular weight is 302 g/mol. The fraction of sp³-hybridized carbons (Fsp3) is 0.400. The molecule has 3 rings (SSSR count). The van der Waals surface area contributed by atoms with Gasteiger partial charge in [-0.25, -0.2) is 9.78 Å². The second kappa shape index (κ2) is 6.05. The van der Waals surface area contributed by atoms with Crippen molar-refractivity contribution in [2.45, 2.75) is 12.8 Å². The van der Waals surface area contributed by atoms with Crippen molar-refractivity contribution in [3.63, 3.8) is 0 Å². The van der Waals surface area contributed by atoms with Crippen LogP contribution in [0.5, 0.6) is 0 Å². The van der Waals surface area contributed by atoms with Crippen LogP contribution in [0.1, 0.15) is 12.8 Å². The van der Waals surface area contributed by atoms with E-state index in [-0.39, 0.29) is 5.56 Å². The molecule has 2 aromatic rings. The smallest absolute Gasteiger partial charge is 0.404 e. The maximum Gasteiger partial charge on any atom is 0.404 e. The number of nitrogens with two attached hydrogens (primary N) is 1. The van der Waals surface area contributed by atoms with Crippen molar-refractivity contribution in [1.29, 1.82) is 0 Å². The molecule has 0 spiro atoms. The first-order valence-corrected chi connectivity index (χ1v) is 7.29. The molecule has 7 nitrogen and oxygen atoms in total. The minimum atomic E-state index is -0.716. The minimum absolute atomic E-state index is 0.153. The Morgan fingerprint density at radius 2 is 2.14 bits per heavy atom. The Morgan fingerprint density at radius 3 is 2.86 bits per heavy atom. The van der Waals surface area contributed by atoms with Crippen molar-refractivity contribution in [3.05, 3.63) is 34.7 Å². The molecule has 0 saturated carbocycles. The Balaban J connectivity index is 1.74. The van der Waals surface area contributed by atoms with Gasteiger partial charge in [-0.15, -0.1) is 0 Å². The molecule has 0 bridgehead atoms. The van der Waals surface area contributed by atoms with E-state index in [1.54, 1.807) is 12.3 Å². The van der Waals surface area contributed by atoms with Gasteiger partial charge in [0.2, 0.25) is 5.56 Å². The zero-order valence-electron chi connectivity index (χ0n) is 12.1. The number of hydrogen-bond donors (Lipinski definition) is 2. The Kier molecular flexibility index (Phi) is 3.95. The number of aromatic amines is 1. The molecule has 0 aromatic carbocycles. The van der Waals surface area contributed by atoms with E-state index >= 15 is 0 Å². The highest BCUT2D eigenvalue weighted by molar-refractivity contribution is 5.89. The maximum atomic E-state index is 11.4. The standard InChI is InChI=1S/C15H18N4O3/c16-15(21)22-9-10-4-7-19(8-5-10)12-3-6-17-14-11(12)1-2-13(20)18-14/h1-3,6,10H,4-5,7-9H2,(H2,16,21)(H,17,18,20). The van der Waals surface area contributed by atoms with Gasteiger partial charge in [-0.05, 0) is 30.9 Å². The molecule has 7 heteroatoms. The third-order valence-electron chi connectivity index (χ3n) is 4.03. The van der Waals surface area contributed by atoms with E-state index in [9.17, 15) is 9.59 Å². The number of amides is 1. The number of pyridine rings is 2. The number of carbonyl (C=O) groups is 1. The third kappa shape index (κ3) is 3.03. The fourth-order valence-electron chi connectivity index (χ4n) is 2.86. The summed E-state index contributed by atoms with van der Waals surface area (Å²) in [4.78, 5) is 31.3. The summed E-state index contributed by atoms with van der Waals surface area (Å²) in [5.41, 5.74) is 6.51. The Morgan fingerprint density at radius 1 is 1.36 bits per heavy atom. The number of anilines is 1. The molecule has 1 saturated heterocycles. The van der Waals surface area contributed by atoms with Crippen LogP contribution in [0, 0.1) is 5.92 Å². The molecule has 1 aliphatic rings. The molecule has 3 heterocycles. The Bertz CT molecular complexity index is 735. The average Bonchev–Trinajstić information content (AvgIpc) is 2.52. The first-order chi connectivity index (χ1) is 10.6. The first kappa shape index (κ1) is 14.4. The highest BCUT2D eigenvalue weighted by Gasteiger charge is 2.21.